The number of benzene rings is 1. The standard InChI is InChI=1S/C15H16FNO2/c16-11-5-3-9(4-6-11)12-7-13(12)14(17)8-19-15(18)10-1-2-10/h3-6,10,12-13,17H,1-2,7-8H2. The molecule has 1 aromatic rings. The molecule has 1 aromatic carbocycles. The van der Waals surface area contributed by atoms with E-state index in [-0.39, 0.29) is 36.1 Å². The van der Waals surface area contributed by atoms with E-state index in [1.807, 2.05) is 0 Å². The second kappa shape index (κ2) is 4.76. The number of hydrogen-bond donors (Lipinski definition) is 1. The highest BCUT2D eigenvalue weighted by Crippen LogP contribution is 2.48. The third-order valence-corrected chi connectivity index (χ3v) is 3.82. The number of carbonyl (C=O) groups excluding carboxylic acids is 1. The Labute approximate surface area is 111 Å². The molecule has 3 nitrogen and oxygen atoms in total. The number of rotatable bonds is 5. The summed E-state index contributed by atoms with van der Waals surface area (Å²) in [6, 6.07) is 6.43. The van der Waals surface area contributed by atoms with Gasteiger partial charge in [-0.3, -0.25) is 4.79 Å². The molecule has 100 valence electrons. The highest BCUT2D eigenvalue weighted by atomic mass is 19.1. The fourth-order valence-electron chi connectivity index (χ4n) is 2.35. The van der Waals surface area contributed by atoms with Gasteiger partial charge < -0.3 is 10.1 Å². The number of carbonyl (C=O) groups is 1. The van der Waals surface area contributed by atoms with Crippen molar-refractivity contribution in [1.82, 2.24) is 0 Å². The van der Waals surface area contributed by atoms with Gasteiger partial charge in [-0.15, -0.1) is 0 Å². The molecule has 4 heteroatoms. The predicted molar refractivity (Wildman–Crippen MR) is 68.7 cm³/mol. The van der Waals surface area contributed by atoms with Gasteiger partial charge in [0.15, 0.2) is 0 Å². The van der Waals surface area contributed by atoms with Gasteiger partial charge in [-0.2, -0.15) is 0 Å². The fraction of sp³-hybridized carbons (Fsp3) is 0.467. The van der Waals surface area contributed by atoms with E-state index < -0.39 is 0 Å². The molecule has 0 amide bonds. The van der Waals surface area contributed by atoms with Crippen molar-refractivity contribution in [3.8, 4) is 0 Å². The third kappa shape index (κ3) is 2.83. The lowest BCUT2D eigenvalue weighted by molar-refractivity contribution is -0.143. The molecule has 19 heavy (non-hydrogen) atoms. The smallest absolute Gasteiger partial charge is 0.309 e. The Balaban J connectivity index is 1.49. The quantitative estimate of drug-likeness (QED) is 0.654. The van der Waals surface area contributed by atoms with Gasteiger partial charge in [0, 0.05) is 5.92 Å². The van der Waals surface area contributed by atoms with Gasteiger partial charge in [0.25, 0.3) is 0 Å². The van der Waals surface area contributed by atoms with Crippen LogP contribution in [0.15, 0.2) is 24.3 Å². The number of halogens is 1. The van der Waals surface area contributed by atoms with Crippen LogP contribution in [0, 0.1) is 23.1 Å². The van der Waals surface area contributed by atoms with Gasteiger partial charge in [-0.1, -0.05) is 12.1 Å². The van der Waals surface area contributed by atoms with Crippen LogP contribution in [-0.4, -0.2) is 18.3 Å². The fourth-order valence-corrected chi connectivity index (χ4v) is 2.35. The lowest BCUT2D eigenvalue weighted by Crippen LogP contribution is -2.16. The Bertz CT molecular complexity index is 507. The maximum Gasteiger partial charge on any atom is 0.309 e. The summed E-state index contributed by atoms with van der Waals surface area (Å²) in [7, 11) is 0. The average Bonchev–Trinajstić information content (AvgIpc) is 3.28. The first-order chi connectivity index (χ1) is 9.15. The normalized spacial score (nSPS) is 24.9. The van der Waals surface area contributed by atoms with Crippen LogP contribution in [-0.2, 0) is 9.53 Å². The van der Waals surface area contributed by atoms with Crippen molar-refractivity contribution in [2.24, 2.45) is 11.8 Å². The monoisotopic (exact) mass is 261 g/mol. The summed E-state index contributed by atoms with van der Waals surface area (Å²) in [5.74, 6) is 0.114. The third-order valence-electron chi connectivity index (χ3n) is 3.82. The molecule has 0 spiro atoms. The molecule has 0 radical (unpaired) electrons. The molecule has 0 aliphatic heterocycles. The molecule has 2 aliphatic carbocycles. The summed E-state index contributed by atoms with van der Waals surface area (Å²) in [5.41, 5.74) is 1.54. The van der Waals surface area contributed by atoms with Gasteiger partial charge in [-0.05, 0) is 42.9 Å². The molecule has 3 rings (SSSR count). The molecule has 0 aromatic heterocycles. The summed E-state index contributed by atoms with van der Waals surface area (Å²) in [6.07, 6.45) is 2.74. The van der Waals surface area contributed by atoms with Crippen molar-refractivity contribution in [1.29, 1.82) is 5.41 Å². The topological polar surface area (TPSA) is 50.1 Å². The summed E-state index contributed by atoms with van der Waals surface area (Å²) in [5, 5.41) is 7.93. The lowest BCUT2D eigenvalue weighted by atomic mass is 10.1. The summed E-state index contributed by atoms with van der Waals surface area (Å²) in [6.45, 7) is 0.109. The van der Waals surface area contributed by atoms with E-state index in [0.29, 0.717) is 5.71 Å². The second-order valence-corrected chi connectivity index (χ2v) is 5.41. The molecule has 0 bridgehead atoms. The van der Waals surface area contributed by atoms with E-state index in [2.05, 4.69) is 0 Å². The van der Waals surface area contributed by atoms with Gasteiger partial charge >= 0.3 is 5.97 Å². The van der Waals surface area contributed by atoms with Crippen molar-refractivity contribution in [2.45, 2.75) is 25.2 Å². The molecule has 2 saturated carbocycles. The Morgan fingerprint density at radius 3 is 2.63 bits per heavy atom. The van der Waals surface area contributed by atoms with E-state index in [0.717, 1.165) is 24.8 Å². The lowest BCUT2D eigenvalue weighted by Gasteiger charge is -2.05. The predicted octanol–water partition coefficient (Wildman–Crippen LogP) is 2.90. The largest absolute Gasteiger partial charge is 0.459 e. The minimum atomic E-state index is -0.241. The van der Waals surface area contributed by atoms with E-state index in [9.17, 15) is 9.18 Å². The van der Waals surface area contributed by atoms with Gasteiger partial charge in [0.1, 0.15) is 12.4 Å². The SMILES string of the molecule is N=C(COC(=O)C1CC1)C1CC1c1ccc(F)cc1. The zero-order valence-electron chi connectivity index (χ0n) is 10.6. The maximum atomic E-state index is 12.8. The van der Waals surface area contributed by atoms with Gasteiger partial charge in [-0.25, -0.2) is 4.39 Å². The first-order valence-corrected chi connectivity index (χ1v) is 6.64. The summed E-state index contributed by atoms with van der Waals surface area (Å²) in [4.78, 5) is 11.4. The molecule has 2 atom stereocenters. The van der Waals surface area contributed by atoms with Gasteiger partial charge in [0.2, 0.25) is 0 Å². The molecule has 1 N–H and O–H groups in total. The minimum absolute atomic E-state index is 0.0832. The molecule has 2 aliphatic rings. The minimum Gasteiger partial charge on any atom is -0.459 e. The highest BCUT2D eigenvalue weighted by molar-refractivity contribution is 5.90. The van der Waals surface area contributed by atoms with Crippen LogP contribution in [0.25, 0.3) is 0 Å². The zero-order chi connectivity index (χ0) is 13.4. The Morgan fingerprint density at radius 1 is 1.32 bits per heavy atom. The van der Waals surface area contributed by atoms with Gasteiger partial charge in [0.05, 0.1) is 11.6 Å². The van der Waals surface area contributed by atoms with Crippen molar-refractivity contribution in [3.63, 3.8) is 0 Å². The molecule has 0 saturated heterocycles. The van der Waals surface area contributed by atoms with Crippen molar-refractivity contribution in [2.75, 3.05) is 6.61 Å². The average molecular weight is 261 g/mol. The summed E-state index contributed by atoms with van der Waals surface area (Å²) >= 11 is 0. The molecule has 2 fully saturated rings. The van der Waals surface area contributed by atoms with Crippen molar-refractivity contribution >= 4 is 11.7 Å². The van der Waals surface area contributed by atoms with Crippen molar-refractivity contribution < 1.29 is 13.9 Å². The van der Waals surface area contributed by atoms with Crippen LogP contribution >= 0.6 is 0 Å². The van der Waals surface area contributed by atoms with E-state index in [4.69, 9.17) is 10.1 Å². The Morgan fingerprint density at radius 2 is 2.00 bits per heavy atom. The van der Waals surface area contributed by atoms with Crippen LogP contribution in [0.5, 0.6) is 0 Å². The zero-order valence-corrected chi connectivity index (χ0v) is 10.6. The number of hydrogen-bond acceptors (Lipinski definition) is 3. The van der Waals surface area contributed by atoms with Crippen molar-refractivity contribution in [3.05, 3.63) is 35.6 Å². The maximum absolute atomic E-state index is 12.8. The van der Waals surface area contributed by atoms with E-state index >= 15 is 0 Å². The van der Waals surface area contributed by atoms with Crippen LogP contribution in [0.1, 0.15) is 30.7 Å². The number of esters is 1. The van der Waals surface area contributed by atoms with Crippen LogP contribution in [0.3, 0.4) is 0 Å². The molecule has 2 unspecified atom stereocenters. The van der Waals surface area contributed by atoms with E-state index in [1.54, 1.807) is 12.1 Å². The molecular weight excluding hydrogens is 245 g/mol. The first-order valence-electron chi connectivity index (χ1n) is 6.64. The molecule has 0 heterocycles. The Hall–Kier alpha value is -1.71. The first kappa shape index (κ1) is 12.3. The second-order valence-electron chi connectivity index (χ2n) is 5.41. The van der Waals surface area contributed by atoms with Crippen LogP contribution in [0.2, 0.25) is 0 Å². The highest BCUT2D eigenvalue weighted by Gasteiger charge is 2.42. The van der Waals surface area contributed by atoms with E-state index in [1.165, 1.54) is 12.1 Å². The molecular formula is C15H16FNO2. The van der Waals surface area contributed by atoms with Crippen LogP contribution < -0.4 is 0 Å². The number of nitrogens with one attached hydrogen (secondary N) is 1. The number of ether oxygens (including phenoxy) is 1. The summed E-state index contributed by atoms with van der Waals surface area (Å²) < 4.78 is 17.9. The Kier molecular flexibility index (Phi) is 3.09. The van der Waals surface area contributed by atoms with Crippen LogP contribution in [0.4, 0.5) is 4.39 Å².